The summed E-state index contributed by atoms with van der Waals surface area (Å²) in [5, 5.41) is 0. The number of fused-ring (bicyclic) bond motifs is 5. The van der Waals surface area contributed by atoms with Crippen LogP contribution in [0.3, 0.4) is 0 Å². The maximum absolute atomic E-state index is 12.1. The molecule has 8 atom stereocenters. The number of Topliss-reactive ketones (excluding diaryl/α,β-unsaturated/α-hetero) is 1. The first kappa shape index (κ1) is 21.4. The molecule has 0 aromatic rings. The van der Waals surface area contributed by atoms with Gasteiger partial charge in [0.05, 0.1) is 0 Å². The van der Waals surface area contributed by atoms with E-state index in [1.807, 2.05) is 5.57 Å². The van der Waals surface area contributed by atoms with E-state index in [4.69, 9.17) is 0 Å². The molecule has 0 heterocycles. The fourth-order valence-electron chi connectivity index (χ4n) is 7.91. The van der Waals surface area contributed by atoms with Gasteiger partial charge in [0, 0.05) is 12.8 Å². The molecule has 0 saturated heterocycles. The normalized spacial score (nSPS) is 44.2. The number of ketones is 1. The Morgan fingerprint density at radius 1 is 0.966 bits per heavy atom. The van der Waals surface area contributed by atoms with Crippen molar-refractivity contribution in [3.63, 3.8) is 0 Å². The van der Waals surface area contributed by atoms with Gasteiger partial charge in [0.25, 0.3) is 0 Å². The summed E-state index contributed by atoms with van der Waals surface area (Å²) >= 11 is 0. The van der Waals surface area contributed by atoms with Crippen molar-refractivity contribution >= 4 is 5.78 Å². The van der Waals surface area contributed by atoms with Crippen molar-refractivity contribution < 1.29 is 4.79 Å². The second-order valence-corrected chi connectivity index (χ2v) is 12.1. The largest absolute Gasteiger partial charge is 0.300 e. The highest BCUT2D eigenvalue weighted by atomic mass is 16.1. The van der Waals surface area contributed by atoms with Crippen molar-refractivity contribution in [1.82, 2.24) is 0 Å². The minimum absolute atomic E-state index is 0.385. The topological polar surface area (TPSA) is 17.1 Å². The van der Waals surface area contributed by atoms with Crippen molar-refractivity contribution in [2.45, 2.75) is 92.9 Å². The second-order valence-electron chi connectivity index (χ2n) is 12.1. The van der Waals surface area contributed by atoms with Gasteiger partial charge < -0.3 is 0 Å². The molecule has 0 spiro atoms. The van der Waals surface area contributed by atoms with E-state index in [1.165, 1.54) is 25.7 Å². The third-order valence-corrected chi connectivity index (χ3v) is 10.4. The van der Waals surface area contributed by atoms with Crippen LogP contribution in [0.2, 0.25) is 0 Å². The molecular weight excluding hydrogens is 352 g/mol. The van der Waals surface area contributed by atoms with Crippen LogP contribution >= 0.6 is 0 Å². The third kappa shape index (κ3) is 3.49. The number of hydrogen-bond donors (Lipinski definition) is 0. The zero-order chi connectivity index (χ0) is 21.0. The lowest BCUT2D eigenvalue weighted by Crippen LogP contribution is -2.49. The molecule has 0 aliphatic heterocycles. The zero-order valence-corrected chi connectivity index (χ0v) is 19.8. The van der Waals surface area contributed by atoms with E-state index in [-0.39, 0.29) is 0 Å². The molecule has 0 amide bonds. The van der Waals surface area contributed by atoms with Gasteiger partial charge in [-0.3, -0.25) is 4.79 Å². The van der Waals surface area contributed by atoms with Gasteiger partial charge in [-0.2, -0.15) is 0 Å². The Kier molecular flexibility index (Phi) is 5.67. The van der Waals surface area contributed by atoms with Gasteiger partial charge in [-0.05, 0) is 90.8 Å². The summed E-state index contributed by atoms with van der Waals surface area (Å²) in [7, 11) is 0. The van der Waals surface area contributed by atoms with Gasteiger partial charge >= 0.3 is 0 Å². The average Bonchev–Trinajstić information content (AvgIpc) is 3.03. The van der Waals surface area contributed by atoms with Crippen molar-refractivity contribution in [3.05, 3.63) is 23.8 Å². The molecule has 1 heteroatoms. The lowest BCUT2D eigenvalue weighted by Gasteiger charge is -2.57. The Labute approximate surface area is 179 Å². The predicted molar refractivity (Wildman–Crippen MR) is 123 cm³/mol. The van der Waals surface area contributed by atoms with Crippen LogP contribution in [0.25, 0.3) is 0 Å². The first-order chi connectivity index (χ1) is 13.7. The summed E-state index contributed by atoms with van der Waals surface area (Å²) in [6.45, 7) is 14.7. The van der Waals surface area contributed by atoms with Crippen molar-refractivity contribution in [2.75, 3.05) is 0 Å². The summed E-state index contributed by atoms with van der Waals surface area (Å²) in [5.74, 6) is 5.57. The van der Waals surface area contributed by atoms with E-state index in [0.29, 0.717) is 34.4 Å². The summed E-state index contributed by atoms with van der Waals surface area (Å²) in [6.07, 6.45) is 17.2. The summed E-state index contributed by atoms with van der Waals surface area (Å²) in [5.41, 5.74) is 2.68. The number of hydrogen-bond acceptors (Lipinski definition) is 1. The lowest BCUT2D eigenvalue weighted by molar-refractivity contribution is -0.127. The van der Waals surface area contributed by atoms with Gasteiger partial charge in [-0.1, -0.05) is 65.3 Å². The van der Waals surface area contributed by atoms with E-state index in [9.17, 15) is 4.79 Å². The van der Waals surface area contributed by atoms with Crippen LogP contribution in [-0.2, 0) is 4.79 Å². The first-order valence-electron chi connectivity index (χ1n) is 12.6. The van der Waals surface area contributed by atoms with E-state index in [1.54, 1.807) is 0 Å². The highest BCUT2D eigenvalue weighted by molar-refractivity contribution is 5.79. The smallest absolute Gasteiger partial charge is 0.133 e. The van der Waals surface area contributed by atoms with E-state index < -0.39 is 0 Å². The molecule has 0 aromatic carbocycles. The molecule has 0 radical (unpaired) electrons. The van der Waals surface area contributed by atoms with Crippen LogP contribution in [0, 0.1) is 52.3 Å². The molecule has 3 saturated carbocycles. The highest BCUT2D eigenvalue weighted by Crippen LogP contribution is 2.66. The standard InChI is InChI=1S/C28H44O/c1-18(2)19(3)7-8-20(4)24-11-12-25-23-10-9-21-17-22(29)13-15-27(21,5)26(23)14-16-28(24,25)6/h7-8,10,18-21,24-26H,9,11-17H2,1-6H3/b8-7+/t19-,20+,21-,24-,25+,26-,27-,28+/m0/s1. The molecule has 1 nitrogen and oxygen atoms in total. The van der Waals surface area contributed by atoms with E-state index in [0.717, 1.165) is 49.4 Å². The molecule has 4 rings (SSSR count). The van der Waals surface area contributed by atoms with Crippen molar-refractivity contribution in [3.8, 4) is 0 Å². The lowest BCUT2D eigenvalue weighted by atomic mass is 9.48. The Morgan fingerprint density at radius 2 is 1.69 bits per heavy atom. The van der Waals surface area contributed by atoms with Crippen LogP contribution in [0.15, 0.2) is 23.8 Å². The SMILES string of the molecule is CC(C)[C@@H](C)/C=C/[C@@H](C)[C@@H]1CC[C@@H]2C3=CC[C@H]4CC(=O)CC[C@]4(C)[C@H]3CC[C@@]21C. The van der Waals surface area contributed by atoms with E-state index >= 15 is 0 Å². The van der Waals surface area contributed by atoms with Gasteiger partial charge in [-0.25, -0.2) is 0 Å². The molecule has 0 unspecified atom stereocenters. The summed E-state index contributed by atoms with van der Waals surface area (Å²) < 4.78 is 0. The Morgan fingerprint density at radius 3 is 2.41 bits per heavy atom. The van der Waals surface area contributed by atoms with Gasteiger partial charge in [0.1, 0.15) is 5.78 Å². The molecule has 0 bridgehead atoms. The number of carbonyl (C=O) groups is 1. The number of allylic oxidation sites excluding steroid dienone is 4. The van der Waals surface area contributed by atoms with Gasteiger partial charge in [0.2, 0.25) is 0 Å². The van der Waals surface area contributed by atoms with Crippen molar-refractivity contribution in [1.29, 1.82) is 0 Å². The van der Waals surface area contributed by atoms with Crippen LogP contribution in [0.1, 0.15) is 92.9 Å². The fraction of sp³-hybridized carbons (Fsp3) is 0.821. The van der Waals surface area contributed by atoms with Crippen LogP contribution in [0.5, 0.6) is 0 Å². The molecular formula is C28H44O. The van der Waals surface area contributed by atoms with Gasteiger partial charge in [0.15, 0.2) is 0 Å². The predicted octanol–water partition coefficient (Wildman–Crippen LogP) is 7.62. The molecule has 29 heavy (non-hydrogen) atoms. The molecule has 3 fully saturated rings. The molecule has 4 aliphatic carbocycles. The Balaban J connectivity index is 1.55. The number of rotatable bonds is 4. The van der Waals surface area contributed by atoms with Crippen LogP contribution in [0.4, 0.5) is 0 Å². The molecule has 162 valence electrons. The maximum atomic E-state index is 12.1. The summed E-state index contributed by atoms with van der Waals surface area (Å²) in [4.78, 5) is 12.1. The van der Waals surface area contributed by atoms with Crippen molar-refractivity contribution in [2.24, 2.45) is 52.3 Å². The highest BCUT2D eigenvalue weighted by Gasteiger charge is 2.57. The monoisotopic (exact) mass is 396 g/mol. The van der Waals surface area contributed by atoms with Gasteiger partial charge in [-0.15, -0.1) is 0 Å². The number of carbonyl (C=O) groups excluding carboxylic acids is 1. The minimum atomic E-state index is 0.385. The molecule has 4 aliphatic rings. The minimum Gasteiger partial charge on any atom is -0.300 e. The van der Waals surface area contributed by atoms with Crippen LogP contribution in [-0.4, -0.2) is 5.78 Å². The average molecular weight is 397 g/mol. The summed E-state index contributed by atoms with van der Waals surface area (Å²) in [6, 6.07) is 0. The Bertz CT molecular complexity index is 699. The Hall–Kier alpha value is -0.850. The first-order valence-corrected chi connectivity index (χ1v) is 12.6. The fourth-order valence-corrected chi connectivity index (χ4v) is 7.91. The molecule has 0 aromatic heterocycles. The maximum Gasteiger partial charge on any atom is 0.133 e. The van der Waals surface area contributed by atoms with E-state index in [2.05, 4.69) is 59.8 Å². The second kappa shape index (κ2) is 7.69. The molecule has 0 N–H and O–H groups in total. The third-order valence-electron chi connectivity index (χ3n) is 10.4. The zero-order valence-electron chi connectivity index (χ0n) is 19.8. The quantitative estimate of drug-likeness (QED) is 0.447. The van der Waals surface area contributed by atoms with Crippen LogP contribution < -0.4 is 0 Å².